The van der Waals surface area contributed by atoms with Crippen LogP contribution >= 0.6 is 11.6 Å². The molecule has 8 heteroatoms. The Hall–Kier alpha value is -1.44. The van der Waals surface area contributed by atoms with Gasteiger partial charge >= 0.3 is 0 Å². The molecule has 0 bridgehead atoms. The first-order valence-electron chi connectivity index (χ1n) is 7.26. The van der Waals surface area contributed by atoms with Crippen molar-refractivity contribution in [2.45, 2.75) is 13.3 Å². The first-order chi connectivity index (χ1) is 10.8. The van der Waals surface area contributed by atoms with Crippen LogP contribution in [0.2, 0.25) is 5.02 Å². The number of pyridine rings is 1. The molecule has 2 aromatic rings. The Kier molecular flexibility index (Phi) is 5.78. The Bertz CT molecular complexity index is 799. The standard InChI is InChI=1S/C15H19ClFN3O2S/c1-3-20(23(2,21)22)10-4-8-18-13-6-5-11-12(16)7-9-19-15(11)14(13)17/h5-7,9,18H,3-4,8,10H2,1-2H3. The Morgan fingerprint density at radius 3 is 2.74 bits per heavy atom. The van der Waals surface area contributed by atoms with Crippen LogP contribution in [0.1, 0.15) is 13.3 Å². The molecule has 0 fully saturated rings. The van der Waals surface area contributed by atoms with Gasteiger partial charge in [-0.3, -0.25) is 4.98 Å². The number of halogens is 2. The molecule has 0 aliphatic rings. The van der Waals surface area contributed by atoms with E-state index in [1.54, 1.807) is 25.1 Å². The molecule has 0 radical (unpaired) electrons. The number of fused-ring (bicyclic) bond motifs is 1. The summed E-state index contributed by atoms with van der Waals surface area (Å²) in [5, 5.41) is 3.99. The topological polar surface area (TPSA) is 62.3 Å². The lowest BCUT2D eigenvalue weighted by molar-refractivity contribution is 0.428. The number of hydrogen-bond donors (Lipinski definition) is 1. The van der Waals surface area contributed by atoms with E-state index in [0.717, 1.165) is 0 Å². The molecule has 0 unspecified atom stereocenters. The third kappa shape index (κ3) is 4.31. The van der Waals surface area contributed by atoms with E-state index in [1.807, 2.05) is 0 Å². The number of benzene rings is 1. The molecule has 0 aliphatic heterocycles. The highest BCUT2D eigenvalue weighted by Crippen LogP contribution is 2.27. The number of sulfonamides is 1. The Balaban J connectivity index is 2.02. The van der Waals surface area contributed by atoms with Gasteiger partial charge in [-0.2, -0.15) is 0 Å². The maximum Gasteiger partial charge on any atom is 0.211 e. The quantitative estimate of drug-likeness (QED) is 0.771. The van der Waals surface area contributed by atoms with Crippen molar-refractivity contribution in [1.82, 2.24) is 9.29 Å². The first kappa shape index (κ1) is 17.9. The SMILES string of the molecule is CCN(CCCNc1ccc2c(Cl)ccnc2c1F)S(C)(=O)=O. The molecule has 0 atom stereocenters. The van der Waals surface area contributed by atoms with E-state index < -0.39 is 15.8 Å². The molecule has 0 saturated carbocycles. The monoisotopic (exact) mass is 359 g/mol. The van der Waals surface area contributed by atoms with Crippen molar-refractivity contribution < 1.29 is 12.8 Å². The van der Waals surface area contributed by atoms with E-state index in [4.69, 9.17) is 11.6 Å². The van der Waals surface area contributed by atoms with Crippen molar-refractivity contribution in [2.24, 2.45) is 0 Å². The van der Waals surface area contributed by atoms with E-state index in [1.165, 1.54) is 16.8 Å². The summed E-state index contributed by atoms with van der Waals surface area (Å²) in [7, 11) is -3.20. The fraction of sp³-hybridized carbons (Fsp3) is 0.400. The molecular weight excluding hydrogens is 341 g/mol. The molecule has 0 spiro atoms. The maximum atomic E-state index is 14.4. The zero-order chi connectivity index (χ0) is 17.0. The smallest absolute Gasteiger partial charge is 0.211 e. The molecule has 5 nitrogen and oxygen atoms in total. The zero-order valence-corrected chi connectivity index (χ0v) is 14.6. The van der Waals surface area contributed by atoms with Gasteiger partial charge in [0.2, 0.25) is 10.0 Å². The number of hydrogen-bond acceptors (Lipinski definition) is 4. The Morgan fingerprint density at radius 2 is 2.09 bits per heavy atom. The third-order valence-electron chi connectivity index (χ3n) is 3.52. The summed E-state index contributed by atoms with van der Waals surface area (Å²) >= 11 is 6.01. The van der Waals surface area contributed by atoms with Crippen molar-refractivity contribution >= 4 is 38.2 Å². The van der Waals surface area contributed by atoms with Gasteiger partial charge < -0.3 is 5.32 Å². The maximum absolute atomic E-state index is 14.4. The number of rotatable bonds is 7. The van der Waals surface area contributed by atoms with Gasteiger partial charge in [0.1, 0.15) is 5.52 Å². The highest BCUT2D eigenvalue weighted by Gasteiger charge is 2.14. The lowest BCUT2D eigenvalue weighted by atomic mass is 10.2. The van der Waals surface area contributed by atoms with E-state index >= 15 is 0 Å². The van der Waals surface area contributed by atoms with E-state index in [9.17, 15) is 12.8 Å². The molecule has 0 saturated heterocycles. The molecule has 2 rings (SSSR count). The minimum Gasteiger partial charge on any atom is -0.383 e. The number of nitrogens with one attached hydrogen (secondary N) is 1. The number of nitrogens with zero attached hydrogens (tertiary/aromatic N) is 2. The molecule has 0 amide bonds. The number of anilines is 1. The molecule has 1 heterocycles. The predicted molar refractivity (Wildman–Crippen MR) is 91.9 cm³/mol. The van der Waals surface area contributed by atoms with Crippen molar-refractivity contribution in [3.8, 4) is 0 Å². The highest BCUT2D eigenvalue weighted by atomic mass is 35.5. The summed E-state index contributed by atoms with van der Waals surface area (Å²) in [4.78, 5) is 4.02. The average Bonchev–Trinajstić information content (AvgIpc) is 2.48. The zero-order valence-electron chi connectivity index (χ0n) is 13.0. The van der Waals surface area contributed by atoms with Crippen LogP contribution in [0.25, 0.3) is 10.9 Å². The van der Waals surface area contributed by atoms with Gasteiger partial charge in [-0.15, -0.1) is 0 Å². The minimum absolute atomic E-state index is 0.217. The second-order valence-corrected chi connectivity index (χ2v) is 7.54. The van der Waals surface area contributed by atoms with E-state index in [2.05, 4.69) is 10.3 Å². The lowest BCUT2D eigenvalue weighted by Crippen LogP contribution is -2.31. The van der Waals surface area contributed by atoms with Crippen molar-refractivity contribution in [3.63, 3.8) is 0 Å². The van der Waals surface area contributed by atoms with Gasteiger partial charge in [0.15, 0.2) is 5.82 Å². The minimum atomic E-state index is -3.20. The molecule has 1 aromatic carbocycles. The Labute approximate surface area is 140 Å². The van der Waals surface area contributed by atoms with Crippen LogP contribution in [0.3, 0.4) is 0 Å². The van der Waals surface area contributed by atoms with Gasteiger partial charge in [0.25, 0.3) is 0 Å². The number of aromatic nitrogens is 1. The van der Waals surface area contributed by atoms with Crippen LogP contribution < -0.4 is 5.32 Å². The fourth-order valence-corrected chi connectivity index (χ4v) is 3.46. The van der Waals surface area contributed by atoms with Crippen LogP contribution in [0.5, 0.6) is 0 Å². The van der Waals surface area contributed by atoms with Crippen molar-refractivity contribution in [2.75, 3.05) is 31.2 Å². The highest BCUT2D eigenvalue weighted by molar-refractivity contribution is 7.88. The van der Waals surface area contributed by atoms with Gasteiger partial charge in [0, 0.05) is 31.2 Å². The van der Waals surface area contributed by atoms with Crippen molar-refractivity contribution in [1.29, 1.82) is 0 Å². The normalized spacial score (nSPS) is 12.0. The molecule has 0 aliphatic carbocycles. The fourth-order valence-electron chi connectivity index (χ4n) is 2.32. The van der Waals surface area contributed by atoms with Crippen LogP contribution in [0.4, 0.5) is 10.1 Å². The van der Waals surface area contributed by atoms with Crippen molar-refractivity contribution in [3.05, 3.63) is 35.2 Å². The van der Waals surface area contributed by atoms with Gasteiger partial charge in [0.05, 0.1) is 17.0 Å². The first-order valence-corrected chi connectivity index (χ1v) is 9.49. The summed E-state index contributed by atoms with van der Waals surface area (Å²) in [6.07, 6.45) is 3.21. The van der Waals surface area contributed by atoms with Gasteiger partial charge in [-0.05, 0) is 24.6 Å². The van der Waals surface area contributed by atoms with Crippen LogP contribution in [0, 0.1) is 5.82 Å². The van der Waals surface area contributed by atoms with Gasteiger partial charge in [-0.1, -0.05) is 18.5 Å². The molecule has 1 N–H and O–H groups in total. The summed E-state index contributed by atoms with van der Waals surface area (Å²) < 4.78 is 38.7. The van der Waals surface area contributed by atoms with Crippen LogP contribution in [-0.4, -0.2) is 43.6 Å². The summed E-state index contributed by atoms with van der Waals surface area (Å²) in [6.45, 7) is 3.05. The molecular formula is C15H19ClFN3O2S. The second-order valence-electron chi connectivity index (χ2n) is 5.15. The predicted octanol–water partition coefficient (Wildman–Crippen LogP) is 3.11. The largest absolute Gasteiger partial charge is 0.383 e. The molecule has 126 valence electrons. The second kappa shape index (κ2) is 7.42. The van der Waals surface area contributed by atoms with E-state index in [0.29, 0.717) is 42.2 Å². The molecule has 1 aromatic heterocycles. The summed E-state index contributed by atoms with van der Waals surface area (Å²) in [5.74, 6) is -0.458. The summed E-state index contributed by atoms with van der Waals surface area (Å²) in [5.41, 5.74) is 0.545. The van der Waals surface area contributed by atoms with E-state index in [-0.39, 0.29) is 5.52 Å². The third-order valence-corrected chi connectivity index (χ3v) is 5.23. The van der Waals surface area contributed by atoms with Crippen LogP contribution in [-0.2, 0) is 10.0 Å². The molecule has 23 heavy (non-hydrogen) atoms. The van der Waals surface area contributed by atoms with Crippen LogP contribution in [0.15, 0.2) is 24.4 Å². The Morgan fingerprint density at radius 1 is 1.35 bits per heavy atom. The van der Waals surface area contributed by atoms with Gasteiger partial charge in [-0.25, -0.2) is 17.1 Å². The average molecular weight is 360 g/mol. The summed E-state index contributed by atoms with van der Waals surface area (Å²) in [6, 6.07) is 4.94. The lowest BCUT2D eigenvalue weighted by Gasteiger charge is -2.18.